The lowest BCUT2D eigenvalue weighted by Crippen LogP contribution is -2.10. The third-order valence-electron chi connectivity index (χ3n) is 1.73. The largest absolute Gasteiger partial charge is 0.419 e. The molecule has 0 atom stereocenters. The zero-order valence-corrected chi connectivity index (χ0v) is 9.19. The van der Waals surface area contributed by atoms with Crippen LogP contribution in [0.3, 0.4) is 0 Å². The van der Waals surface area contributed by atoms with E-state index in [0.29, 0.717) is 5.75 Å². The second kappa shape index (κ2) is 4.27. The molecule has 4 nitrogen and oxygen atoms in total. The smallest absolute Gasteiger partial charge is 0.379 e. The maximum atomic E-state index is 11.5. The first-order valence-electron chi connectivity index (χ1n) is 4.23. The van der Waals surface area contributed by atoms with Gasteiger partial charge >= 0.3 is 5.97 Å². The van der Waals surface area contributed by atoms with Gasteiger partial charge in [0.25, 0.3) is 0 Å². The van der Waals surface area contributed by atoms with Crippen LogP contribution in [0.25, 0.3) is 0 Å². The molecule has 1 aromatic carbocycles. The monoisotopic (exact) mass is 266 g/mol. The molecule has 0 unspecified atom stereocenters. The average molecular weight is 267 g/mol. The van der Waals surface area contributed by atoms with Gasteiger partial charge in [-0.3, -0.25) is 0 Å². The Hall–Kier alpha value is -1.62. The maximum absolute atomic E-state index is 11.5. The molecule has 0 aliphatic carbocycles. The van der Waals surface area contributed by atoms with Gasteiger partial charge in [0.05, 0.1) is 4.47 Å². The van der Waals surface area contributed by atoms with Crippen molar-refractivity contribution in [3.63, 3.8) is 0 Å². The molecule has 0 amide bonds. The number of H-pyrrole nitrogens is 1. The zero-order chi connectivity index (χ0) is 10.7. The molecule has 0 bridgehead atoms. The summed E-state index contributed by atoms with van der Waals surface area (Å²) in [6, 6.07) is 7.12. The van der Waals surface area contributed by atoms with Crippen LogP contribution < -0.4 is 4.74 Å². The Bertz CT molecular complexity index is 468. The fourth-order valence-corrected chi connectivity index (χ4v) is 1.42. The molecule has 2 rings (SSSR count). The van der Waals surface area contributed by atoms with Gasteiger partial charge in [-0.15, -0.1) is 0 Å². The third kappa shape index (κ3) is 2.24. The molecule has 2 aromatic rings. The van der Waals surface area contributed by atoms with E-state index in [1.165, 1.54) is 6.20 Å². The van der Waals surface area contributed by atoms with Crippen LogP contribution in [0.5, 0.6) is 5.75 Å². The highest BCUT2D eigenvalue weighted by atomic mass is 79.9. The van der Waals surface area contributed by atoms with Crippen LogP contribution in [-0.2, 0) is 0 Å². The predicted molar refractivity (Wildman–Crippen MR) is 57.7 cm³/mol. The van der Waals surface area contributed by atoms with Crippen LogP contribution in [0.1, 0.15) is 10.6 Å². The Morgan fingerprint density at radius 1 is 1.40 bits per heavy atom. The number of ether oxygens (including phenoxy) is 1. The molecule has 0 spiro atoms. The molecule has 0 saturated heterocycles. The second-order valence-corrected chi connectivity index (χ2v) is 3.61. The van der Waals surface area contributed by atoms with Gasteiger partial charge < -0.3 is 9.72 Å². The van der Waals surface area contributed by atoms with E-state index in [9.17, 15) is 4.79 Å². The molecule has 15 heavy (non-hydrogen) atoms. The Kier molecular flexibility index (Phi) is 2.82. The van der Waals surface area contributed by atoms with Crippen molar-refractivity contribution < 1.29 is 9.53 Å². The van der Waals surface area contributed by atoms with Crippen molar-refractivity contribution in [3.05, 3.63) is 47.0 Å². The van der Waals surface area contributed by atoms with Crippen LogP contribution in [-0.4, -0.2) is 15.9 Å². The van der Waals surface area contributed by atoms with Crippen LogP contribution >= 0.6 is 15.9 Å². The van der Waals surface area contributed by atoms with E-state index in [1.54, 1.807) is 24.4 Å². The number of carbonyl (C=O) groups is 1. The highest BCUT2D eigenvalue weighted by Crippen LogP contribution is 2.24. The molecule has 1 N–H and O–H groups in total. The SMILES string of the molecule is O=C(Oc1ccccc1Br)c1ncc[nH]1. The number of halogens is 1. The molecular weight excluding hydrogens is 260 g/mol. The van der Waals surface area contributed by atoms with Gasteiger partial charge in [0.2, 0.25) is 5.82 Å². The Labute approximate surface area is 94.4 Å². The first-order valence-corrected chi connectivity index (χ1v) is 5.03. The number of hydrogen-bond acceptors (Lipinski definition) is 3. The fourth-order valence-electron chi connectivity index (χ4n) is 1.05. The summed E-state index contributed by atoms with van der Waals surface area (Å²) in [6.45, 7) is 0. The van der Waals surface area contributed by atoms with Crippen LogP contribution in [0.2, 0.25) is 0 Å². The van der Waals surface area contributed by atoms with Crippen molar-refractivity contribution >= 4 is 21.9 Å². The predicted octanol–water partition coefficient (Wildman–Crippen LogP) is 2.39. The number of para-hydroxylation sites is 1. The summed E-state index contributed by atoms with van der Waals surface area (Å²) in [5.41, 5.74) is 0. The average Bonchev–Trinajstić information content (AvgIpc) is 2.74. The summed E-state index contributed by atoms with van der Waals surface area (Å²) < 4.78 is 5.84. The summed E-state index contributed by atoms with van der Waals surface area (Å²) in [5.74, 6) is 0.150. The summed E-state index contributed by atoms with van der Waals surface area (Å²) in [7, 11) is 0. The number of nitrogens with zero attached hydrogens (tertiary/aromatic N) is 1. The van der Waals surface area contributed by atoms with Crippen molar-refractivity contribution in [3.8, 4) is 5.75 Å². The number of imidazole rings is 1. The molecule has 76 valence electrons. The Morgan fingerprint density at radius 2 is 2.20 bits per heavy atom. The van der Waals surface area contributed by atoms with Gasteiger partial charge in [-0.05, 0) is 28.1 Å². The van der Waals surface area contributed by atoms with Crippen molar-refractivity contribution in [2.75, 3.05) is 0 Å². The van der Waals surface area contributed by atoms with Gasteiger partial charge in [0.15, 0.2) is 0 Å². The summed E-state index contributed by atoms with van der Waals surface area (Å²) >= 11 is 3.28. The number of benzene rings is 1. The number of aromatic nitrogens is 2. The molecule has 0 aliphatic heterocycles. The van der Waals surface area contributed by atoms with Crippen molar-refractivity contribution in [2.45, 2.75) is 0 Å². The standard InChI is InChI=1S/C10H7BrN2O2/c11-7-3-1-2-4-8(7)15-10(14)9-12-5-6-13-9/h1-6H,(H,12,13). The highest BCUT2D eigenvalue weighted by molar-refractivity contribution is 9.10. The first kappa shape index (κ1) is 9.92. The second-order valence-electron chi connectivity index (χ2n) is 2.76. The highest BCUT2D eigenvalue weighted by Gasteiger charge is 2.11. The van der Waals surface area contributed by atoms with Gasteiger partial charge in [-0.2, -0.15) is 0 Å². The van der Waals surface area contributed by atoms with E-state index in [2.05, 4.69) is 25.9 Å². The van der Waals surface area contributed by atoms with Crippen LogP contribution in [0, 0.1) is 0 Å². The maximum Gasteiger partial charge on any atom is 0.379 e. The lowest BCUT2D eigenvalue weighted by molar-refractivity contribution is 0.0722. The normalized spacial score (nSPS) is 9.93. The Morgan fingerprint density at radius 3 is 2.87 bits per heavy atom. The van der Waals surface area contributed by atoms with Crippen molar-refractivity contribution in [1.29, 1.82) is 0 Å². The van der Waals surface area contributed by atoms with Crippen molar-refractivity contribution in [2.24, 2.45) is 0 Å². The molecule has 1 heterocycles. The lowest BCUT2D eigenvalue weighted by atomic mass is 10.3. The summed E-state index contributed by atoms with van der Waals surface area (Å²) in [4.78, 5) is 18.0. The molecule has 0 fully saturated rings. The van der Waals surface area contributed by atoms with E-state index in [4.69, 9.17) is 4.74 Å². The van der Waals surface area contributed by atoms with Crippen LogP contribution in [0.15, 0.2) is 41.1 Å². The molecule has 0 radical (unpaired) electrons. The minimum absolute atomic E-state index is 0.186. The number of hydrogen-bond donors (Lipinski definition) is 1. The minimum atomic E-state index is -0.508. The number of carbonyl (C=O) groups excluding carboxylic acids is 1. The molecule has 5 heteroatoms. The first-order chi connectivity index (χ1) is 7.27. The molecule has 0 aliphatic rings. The Balaban J connectivity index is 2.17. The number of aromatic amines is 1. The van der Waals surface area contributed by atoms with E-state index < -0.39 is 5.97 Å². The van der Waals surface area contributed by atoms with E-state index >= 15 is 0 Å². The van der Waals surface area contributed by atoms with Gasteiger partial charge in [0, 0.05) is 12.4 Å². The van der Waals surface area contributed by atoms with Gasteiger partial charge in [-0.1, -0.05) is 12.1 Å². The van der Waals surface area contributed by atoms with E-state index in [0.717, 1.165) is 4.47 Å². The minimum Gasteiger partial charge on any atom is -0.419 e. The quantitative estimate of drug-likeness (QED) is 0.671. The number of esters is 1. The zero-order valence-electron chi connectivity index (χ0n) is 7.61. The van der Waals surface area contributed by atoms with Crippen LogP contribution in [0.4, 0.5) is 0 Å². The number of rotatable bonds is 2. The molecular formula is C10H7BrN2O2. The van der Waals surface area contributed by atoms with Gasteiger partial charge in [0.1, 0.15) is 5.75 Å². The molecule has 1 aromatic heterocycles. The topological polar surface area (TPSA) is 55.0 Å². The number of nitrogens with one attached hydrogen (secondary N) is 1. The molecule has 0 saturated carbocycles. The van der Waals surface area contributed by atoms with Gasteiger partial charge in [-0.25, -0.2) is 9.78 Å². The summed E-state index contributed by atoms with van der Waals surface area (Å²) in [5, 5.41) is 0. The third-order valence-corrected chi connectivity index (χ3v) is 2.39. The van der Waals surface area contributed by atoms with Crippen molar-refractivity contribution in [1.82, 2.24) is 9.97 Å². The fraction of sp³-hybridized carbons (Fsp3) is 0. The van der Waals surface area contributed by atoms with E-state index in [1.807, 2.05) is 6.07 Å². The summed E-state index contributed by atoms with van der Waals surface area (Å²) in [6.07, 6.45) is 3.06. The van der Waals surface area contributed by atoms with E-state index in [-0.39, 0.29) is 5.82 Å². The lowest BCUT2D eigenvalue weighted by Gasteiger charge is -2.03.